The lowest BCUT2D eigenvalue weighted by Gasteiger charge is -2.41. The van der Waals surface area contributed by atoms with Crippen molar-refractivity contribution in [3.63, 3.8) is 0 Å². The van der Waals surface area contributed by atoms with Crippen LogP contribution in [0.4, 0.5) is 0 Å². The maximum absolute atomic E-state index is 12.8. The number of rotatable bonds is 3. The van der Waals surface area contributed by atoms with Crippen LogP contribution in [0.25, 0.3) is 0 Å². The SMILES string of the molecule is CN(C(=O)C(C)(C)C1CCCNC1)C1CCOCC1. The third-order valence-electron chi connectivity index (χ3n) is 4.93. The lowest BCUT2D eigenvalue weighted by atomic mass is 9.73. The quantitative estimate of drug-likeness (QED) is 0.846. The molecule has 0 spiro atoms. The summed E-state index contributed by atoms with van der Waals surface area (Å²) in [5.74, 6) is 0.754. The van der Waals surface area contributed by atoms with Crippen molar-refractivity contribution in [2.75, 3.05) is 33.4 Å². The van der Waals surface area contributed by atoms with Crippen LogP contribution >= 0.6 is 0 Å². The summed E-state index contributed by atoms with van der Waals surface area (Å²) in [6.45, 7) is 7.87. The third-order valence-corrected chi connectivity index (χ3v) is 4.93. The highest BCUT2D eigenvalue weighted by atomic mass is 16.5. The van der Waals surface area contributed by atoms with Crippen LogP contribution in [-0.4, -0.2) is 50.2 Å². The molecule has 1 N–H and O–H groups in total. The van der Waals surface area contributed by atoms with Crippen LogP contribution in [0, 0.1) is 11.3 Å². The largest absolute Gasteiger partial charge is 0.381 e. The molecular weight excluding hydrogens is 240 g/mol. The van der Waals surface area contributed by atoms with E-state index in [1.807, 2.05) is 11.9 Å². The van der Waals surface area contributed by atoms with Crippen molar-refractivity contribution < 1.29 is 9.53 Å². The van der Waals surface area contributed by atoms with Crippen molar-refractivity contribution in [2.45, 2.75) is 45.6 Å². The van der Waals surface area contributed by atoms with Crippen molar-refractivity contribution in [2.24, 2.45) is 11.3 Å². The van der Waals surface area contributed by atoms with E-state index in [9.17, 15) is 4.79 Å². The van der Waals surface area contributed by atoms with Gasteiger partial charge in [0.2, 0.25) is 5.91 Å². The Hall–Kier alpha value is -0.610. The van der Waals surface area contributed by atoms with Gasteiger partial charge in [0.25, 0.3) is 0 Å². The summed E-state index contributed by atoms with van der Waals surface area (Å²) in [7, 11) is 1.97. The van der Waals surface area contributed by atoms with Crippen molar-refractivity contribution in [3.8, 4) is 0 Å². The fraction of sp³-hybridized carbons (Fsp3) is 0.933. The van der Waals surface area contributed by atoms with Crippen LogP contribution in [0.5, 0.6) is 0 Å². The number of nitrogens with zero attached hydrogens (tertiary/aromatic N) is 1. The molecule has 2 saturated heterocycles. The maximum Gasteiger partial charge on any atom is 0.228 e. The molecule has 2 aliphatic rings. The summed E-state index contributed by atoms with van der Waals surface area (Å²) in [6.07, 6.45) is 4.29. The Labute approximate surface area is 116 Å². The number of carbonyl (C=O) groups excluding carboxylic acids is 1. The lowest BCUT2D eigenvalue weighted by Crippen LogP contribution is -2.51. The van der Waals surface area contributed by atoms with E-state index in [0.29, 0.717) is 17.9 Å². The van der Waals surface area contributed by atoms with Gasteiger partial charge < -0.3 is 15.0 Å². The molecule has 2 heterocycles. The molecule has 1 unspecified atom stereocenters. The van der Waals surface area contributed by atoms with Gasteiger partial charge in [-0.15, -0.1) is 0 Å². The Balaban J connectivity index is 1.99. The molecule has 110 valence electrons. The highest BCUT2D eigenvalue weighted by Gasteiger charge is 2.40. The Morgan fingerprint density at radius 2 is 1.95 bits per heavy atom. The van der Waals surface area contributed by atoms with E-state index in [1.165, 1.54) is 6.42 Å². The number of amides is 1. The Bertz CT molecular complexity index is 305. The minimum atomic E-state index is -0.263. The molecule has 0 aromatic carbocycles. The van der Waals surface area contributed by atoms with Crippen molar-refractivity contribution in [1.29, 1.82) is 0 Å². The number of nitrogens with one attached hydrogen (secondary N) is 1. The average Bonchev–Trinajstić information content (AvgIpc) is 2.47. The van der Waals surface area contributed by atoms with Crippen molar-refractivity contribution in [1.82, 2.24) is 10.2 Å². The number of ether oxygens (including phenoxy) is 1. The van der Waals surface area contributed by atoms with Crippen LogP contribution in [-0.2, 0) is 9.53 Å². The second-order valence-electron chi connectivity index (χ2n) is 6.52. The molecule has 1 atom stereocenters. The van der Waals surface area contributed by atoms with Gasteiger partial charge in [0.05, 0.1) is 0 Å². The summed E-state index contributed by atoms with van der Waals surface area (Å²) in [5, 5.41) is 3.42. The fourth-order valence-electron chi connectivity index (χ4n) is 3.34. The summed E-state index contributed by atoms with van der Waals surface area (Å²) < 4.78 is 5.38. The summed E-state index contributed by atoms with van der Waals surface area (Å²) in [4.78, 5) is 14.8. The standard InChI is InChI=1S/C15H28N2O2/c1-15(2,12-5-4-8-16-11-12)14(18)17(3)13-6-9-19-10-7-13/h12-13,16H,4-11H2,1-3H3. The first-order chi connectivity index (χ1) is 9.03. The van der Waals surface area contributed by atoms with E-state index in [1.54, 1.807) is 0 Å². The van der Waals surface area contributed by atoms with Gasteiger partial charge in [-0.2, -0.15) is 0 Å². The zero-order valence-corrected chi connectivity index (χ0v) is 12.6. The maximum atomic E-state index is 12.8. The van der Waals surface area contributed by atoms with Crippen molar-refractivity contribution in [3.05, 3.63) is 0 Å². The third kappa shape index (κ3) is 3.29. The number of carbonyl (C=O) groups is 1. The highest BCUT2D eigenvalue weighted by molar-refractivity contribution is 5.82. The average molecular weight is 268 g/mol. The summed E-state index contributed by atoms with van der Waals surface area (Å²) in [5.41, 5.74) is -0.263. The molecule has 0 radical (unpaired) electrons. The molecular formula is C15H28N2O2. The molecule has 0 saturated carbocycles. The topological polar surface area (TPSA) is 41.6 Å². The smallest absolute Gasteiger partial charge is 0.228 e. The van der Waals surface area contributed by atoms with E-state index >= 15 is 0 Å². The monoisotopic (exact) mass is 268 g/mol. The predicted octanol–water partition coefficient (Wildman–Crippen LogP) is 1.65. The molecule has 2 fully saturated rings. The Morgan fingerprint density at radius 3 is 2.53 bits per heavy atom. The predicted molar refractivity (Wildman–Crippen MR) is 76.0 cm³/mol. The first kappa shape index (κ1) is 14.8. The first-order valence-electron chi connectivity index (χ1n) is 7.59. The number of hydrogen-bond donors (Lipinski definition) is 1. The molecule has 19 heavy (non-hydrogen) atoms. The summed E-state index contributed by atoms with van der Waals surface area (Å²) >= 11 is 0. The molecule has 4 nitrogen and oxygen atoms in total. The van der Waals surface area contributed by atoms with Crippen LogP contribution in [0.2, 0.25) is 0 Å². The molecule has 4 heteroatoms. The van der Waals surface area contributed by atoms with Gasteiger partial charge in [-0.1, -0.05) is 13.8 Å². The first-order valence-corrected chi connectivity index (χ1v) is 7.59. The molecule has 0 bridgehead atoms. The van der Waals surface area contributed by atoms with E-state index in [2.05, 4.69) is 19.2 Å². The van der Waals surface area contributed by atoms with E-state index in [-0.39, 0.29) is 5.41 Å². The van der Waals surface area contributed by atoms with Gasteiger partial charge in [-0.25, -0.2) is 0 Å². The van der Waals surface area contributed by atoms with Crippen LogP contribution in [0.15, 0.2) is 0 Å². The van der Waals surface area contributed by atoms with Crippen LogP contribution in [0.1, 0.15) is 39.5 Å². The Kier molecular flexibility index (Phi) is 4.85. The molecule has 2 rings (SSSR count). The van der Waals surface area contributed by atoms with Gasteiger partial charge >= 0.3 is 0 Å². The van der Waals surface area contributed by atoms with Crippen molar-refractivity contribution >= 4 is 5.91 Å². The second kappa shape index (κ2) is 6.23. The summed E-state index contributed by atoms with van der Waals surface area (Å²) in [6, 6.07) is 0.358. The van der Waals surface area contributed by atoms with Crippen LogP contribution < -0.4 is 5.32 Å². The second-order valence-corrected chi connectivity index (χ2v) is 6.52. The zero-order valence-electron chi connectivity index (χ0n) is 12.6. The van der Waals surface area contributed by atoms with Gasteiger partial charge in [0.15, 0.2) is 0 Å². The van der Waals surface area contributed by atoms with E-state index < -0.39 is 0 Å². The van der Waals surface area contributed by atoms with Gasteiger partial charge in [0, 0.05) is 31.7 Å². The number of piperidine rings is 1. The number of hydrogen-bond acceptors (Lipinski definition) is 3. The van der Waals surface area contributed by atoms with Crippen LogP contribution in [0.3, 0.4) is 0 Å². The fourth-order valence-corrected chi connectivity index (χ4v) is 3.34. The minimum Gasteiger partial charge on any atom is -0.381 e. The lowest BCUT2D eigenvalue weighted by molar-refractivity contribution is -0.146. The molecule has 1 amide bonds. The highest BCUT2D eigenvalue weighted by Crippen LogP contribution is 2.34. The van der Waals surface area contributed by atoms with E-state index in [0.717, 1.165) is 45.6 Å². The van der Waals surface area contributed by atoms with E-state index in [4.69, 9.17) is 4.74 Å². The van der Waals surface area contributed by atoms with Gasteiger partial charge in [-0.3, -0.25) is 4.79 Å². The Morgan fingerprint density at radius 1 is 1.26 bits per heavy atom. The normalized spacial score (nSPS) is 26.2. The molecule has 0 aliphatic carbocycles. The molecule has 2 aliphatic heterocycles. The zero-order chi connectivity index (χ0) is 13.9. The molecule has 0 aromatic rings. The minimum absolute atomic E-state index is 0.263. The van der Waals surface area contributed by atoms with Gasteiger partial charge in [-0.05, 0) is 44.7 Å². The van der Waals surface area contributed by atoms with Gasteiger partial charge in [0.1, 0.15) is 0 Å². The molecule has 0 aromatic heterocycles.